The van der Waals surface area contributed by atoms with Crippen LogP contribution in [0.15, 0.2) is 40.8 Å². The van der Waals surface area contributed by atoms with Gasteiger partial charge in [-0.1, -0.05) is 30.3 Å². The molecule has 2 rings (SSSR count). The zero-order valence-corrected chi connectivity index (χ0v) is 12.5. The van der Waals surface area contributed by atoms with Gasteiger partial charge in [0, 0.05) is 16.2 Å². The van der Waals surface area contributed by atoms with E-state index in [1.807, 2.05) is 11.4 Å². The van der Waals surface area contributed by atoms with E-state index in [0.717, 1.165) is 0 Å². The number of hydrogen-bond donors (Lipinski definition) is 1. The van der Waals surface area contributed by atoms with Crippen molar-refractivity contribution in [3.8, 4) is 11.3 Å². The second kappa shape index (κ2) is 7.16. The number of hydrogen-bond acceptors (Lipinski definition) is 7. The fourth-order valence-electron chi connectivity index (χ4n) is 2.11. The molecule has 1 heterocycles. The highest BCUT2D eigenvalue weighted by molar-refractivity contribution is 6.00. The molecule has 0 aliphatic carbocycles. The van der Waals surface area contributed by atoms with Crippen LogP contribution in [0.3, 0.4) is 0 Å². The first-order chi connectivity index (χ1) is 11.1. The van der Waals surface area contributed by atoms with Gasteiger partial charge in [0.1, 0.15) is 5.56 Å². The molecule has 9 nitrogen and oxygen atoms in total. The number of H-pyrrole nitrogens is 1. The summed E-state index contributed by atoms with van der Waals surface area (Å²) in [7, 11) is 0. The summed E-state index contributed by atoms with van der Waals surface area (Å²) in [5, 5.41) is 16.6. The molecule has 1 aromatic carbocycles. The molecule has 120 valence electrons. The van der Waals surface area contributed by atoms with E-state index < -0.39 is 5.97 Å². The first-order valence-corrected chi connectivity index (χ1v) is 6.72. The van der Waals surface area contributed by atoms with E-state index in [-0.39, 0.29) is 22.9 Å². The fraction of sp³-hybridized carbons (Fsp3) is 0.214. The van der Waals surface area contributed by atoms with E-state index in [0.29, 0.717) is 17.0 Å². The van der Waals surface area contributed by atoms with Crippen molar-refractivity contribution >= 4 is 11.7 Å². The lowest BCUT2D eigenvalue weighted by molar-refractivity contribution is -0.790. The van der Waals surface area contributed by atoms with Crippen LogP contribution in [0, 0.1) is 17.0 Å². The molecule has 0 saturated heterocycles. The fourth-order valence-corrected chi connectivity index (χ4v) is 2.11. The summed E-state index contributed by atoms with van der Waals surface area (Å²) in [6.45, 7) is 3.47. The van der Waals surface area contributed by atoms with Crippen molar-refractivity contribution in [1.82, 2.24) is 4.98 Å². The van der Waals surface area contributed by atoms with Gasteiger partial charge in [0.15, 0.2) is 5.69 Å². The van der Waals surface area contributed by atoms with E-state index in [9.17, 15) is 14.9 Å². The molecule has 0 spiro atoms. The smallest absolute Gasteiger partial charge is 0.342 e. The SMILES string of the molecule is CCOC(=O)c1c(C)[nH]c(-c2ccccc2)c1N=[N+]([O-])ON=O. The lowest BCUT2D eigenvalue weighted by atomic mass is 10.1. The summed E-state index contributed by atoms with van der Waals surface area (Å²) >= 11 is 0. The van der Waals surface area contributed by atoms with Gasteiger partial charge in [-0.2, -0.15) is 4.94 Å². The molecular weight excluding hydrogens is 304 g/mol. The van der Waals surface area contributed by atoms with Crippen LogP contribution in [0.5, 0.6) is 0 Å². The predicted molar refractivity (Wildman–Crippen MR) is 79.5 cm³/mol. The maximum atomic E-state index is 12.1. The monoisotopic (exact) mass is 318 g/mol. The maximum absolute atomic E-state index is 12.1. The normalized spacial score (nSPS) is 11.1. The van der Waals surface area contributed by atoms with Crippen LogP contribution in [-0.4, -0.2) is 22.6 Å². The van der Waals surface area contributed by atoms with E-state index >= 15 is 0 Å². The van der Waals surface area contributed by atoms with E-state index in [1.54, 1.807) is 38.1 Å². The van der Waals surface area contributed by atoms with E-state index in [4.69, 9.17) is 4.74 Å². The lowest BCUT2D eigenvalue weighted by Gasteiger charge is -2.03. The molecule has 0 fully saturated rings. The summed E-state index contributed by atoms with van der Waals surface area (Å²) < 4.78 is 4.97. The zero-order chi connectivity index (χ0) is 16.8. The molecule has 0 unspecified atom stereocenters. The number of aromatic nitrogens is 1. The number of aromatic amines is 1. The van der Waals surface area contributed by atoms with Crippen molar-refractivity contribution in [2.75, 3.05) is 6.61 Å². The highest BCUT2D eigenvalue weighted by Crippen LogP contribution is 2.36. The second-order valence-corrected chi connectivity index (χ2v) is 4.43. The van der Waals surface area contributed by atoms with Crippen molar-refractivity contribution in [2.24, 2.45) is 10.5 Å². The zero-order valence-electron chi connectivity index (χ0n) is 12.5. The van der Waals surface area contributed by atoms with Gasteiger partial charge < -0.3 is 14.9 Å². The Morgan fingerprint density at radius 3 is 2.65 bits per heavy atom. The van der Waals surface area contributed by atoms with Crippen molar-refractivity contribution in [1.29, 1.82) is 0 Å². The molecule has 0 amide bonds. The molecule has 0 aliphatic heterocycles. The van der Waals surface area contributed by atoms with E-state index in [2.05, 4.69) is 15.0 Å². The van der Waals surface area contributed by atoms with Crippen LogP contribution < -0.4 is 0 Å². The molecule has 0 atom stereocenters. The van der Waals surface area contributed by atoms with Gasteiger partial charge in [0.05, 0.1) is 17.3 Å². The number of esters is 1. The Morgan fingerprint density at radius 2 is 2.04 bits per heavy atom. The van der Waals surface area contributed by atoms with Crippen LogP contribution in [-0.2, 0) is 9.68 Å². The van der Waals surface area contributed by atoms with Gasteiger partial charge in [-0.3, -0.25) is 0 Å². The molecule has 0 bridgehead atoms. The number of rotatable bonds is 6. The minimum Gasteiger partial charge on any atom is -0.462 e. The molecule has 0 radical (unpaired) electrons. The van der Waals surface area contributed by atoms with Crippen LogP contribution in [0.1, 0.15) is 23.0 Å². The molecule has 1 N–H and O–H groups in total. The summed E-state index contributed by atoms with van der Waals surface area (Å²) in [5.41, 5.74) is 1.67. The Kier molecular flexibility index (Phi) is 5.03. The van der Waals surface area contributed by atoms with Crippen LogP contribution in [0.2, 0.25) is 0 Å². The largest absolute Gasteiger partial charge is 0.462 e. The van der Waals surface area contributed by atoms with Crippen LogP contribution in [0.25, 0.3) is 11.3 Å². The topological polar surface area (TPSA) is 119 Å². The van der Waals surface area contributed by atoms with Gasteiger partial charge in [-0.05, 0) is 19.0 Å². The Labute approximate surface area is 131 Å². The minimum atomic E-state index is -0.644. The number of aryl methyl sites for hydroxylation is 1. The number of nitrogens with one attached hydrogen (secondary N) is 1. The predicted octanol–water partition coefficient (Wildman–Crippen LogP) is 3.37. The first kappa shape index (κ1) is 16.1. The number of benzene rings is 1. The standard InChI is InChI=1S/C14H14N4O5/c1-3-22-14(19)11-9(2)15-12(10-7-5-4-6-8-10)13(11)16-18(21)23-17-20/h4-8,15H,3H2,1-2H3. The number of ether oxygens (including phenoxy) is 1. The van der Waals surface area contributed by atoms with Gasteiger partial charge in [-0.25, -0.2) is 4.79 Å². The third-order valence-corrected chi connectivity index (χ3v) is 2.99. The number of carbonyl (C=O) groups excluding carboxylic acids is 1. The molecule has 9 heteroatoms. The Morgan fingerprint density at radius 1 is 1.35 bits per heavy atom. The van der Waals surface area contributed by atoms with Gasteiger partial charge in [0.2, 0.25) is 0 Å². The molecule has 23 heavy (non-hydrogen) atoms. The first-order valence-electron chi connectivity index (χ1n) is 6.72. The van der Waals surface area contributed by atoms with Crippen molar-refractivity contribution in [3.63, 3.8) is 0 Å². The Balaban J connectivity index is 2.63. The summed E-state index contributed by atoms with van der Waals surface area (Å²) in [4.78, 5) is 29.0. The quantitative estimate of drug-likeness (QED) is 0.379. The van der Waals surface area contributed by atoms with Crippen molar-refractivity contribution < 1.29 is 19.5 Å². The van der Waals surface area contributed by atoms with E-state index in [1.165, 1.54) is 0 Å². The second-order valence-electron chi connectivity index (χ2n) is 4.43. The number of nitrogens with zero attached hydrogens (tertiary/aromatic N) is 3. The third kappa shape index (κ3) is 3.51. The van der Waals surface area contributed by atoms with Crippen LogP contribution >= 0.6 is 0 Å². The summed E-state index contributed by atoms with van der Waals surface area (Å²) in [6.07, 6.45) is 0. The average Bonchev–Trinajstić information content (AvgIpc) is 2.85. The molecule has 0 aliphatic rings. The molecule has 0 saturated carbocycles. The Bertz CT molecular complexity index is 739. The van der Waals surface area contributed by atoms with Crippen molar-refractivity contribution in [3.05, 3.63) is 51.7 Å². The van der Waals surface area contributed by atoms with Crippen LogP contribution in [0.4, 0.5) is 5.69 Å². The highest BCUT2D eigenvalue weighted by Gasteiger charge is 2.24. The van der Waals surface area contributed by atoms with Gasteiger partial charge >= 0.3 is 11.3 Å². The maximum Gasteiger partial charge on any atom is 0.342 e. The van der Waals surface area contributed by atoms with Gasteiger partial charge in [0.25, 0.3) is 0 Å². The lowest BCUT2D eigenvalue weighted by Crippen LogP contribution is -2.06. The minimum absolute atomic E-state index is 0.00537. The van der Waals surface area contributed by atoms with Crippen molar-refractivity contribution in [2.45, 2.75) is 13.8 Å². The average molecular weight is 318 g/mol. The molecular formula is C14H14N4O5. The molecule has 1 aromatic heterocycles. The van der Waals surface area contributed by atoms with Gasteiger partial charge in [-0.15, -0.1) is 0 Å². The Hall–Kier alpha value is -3.23. The number of carbonyl (C=O) groups is 1. The summed E-state index contributed by atoms with van der Waals surface area (Å²) in [5.74, 6) is -0.644. The highest BCUT2D eigenvalue weighted by atomic mass is 17.0. The summed E-state index contributed by atoms with van der Waals surface area (Å²) in [6, 6.07) is 8.94. The molecule has 2 aromatic rings. The third-order valence-electron chi connectivity index (χ3n) is 2.99.